The molecule has 4 heteroatoms. The van der Waals surface area contributed by atoms with Gasteiger partial charge in [-0.05, 0) is 57.3 Å². The Balaban J connectivity index is 2.15. The average Bonchev–Trinajstić information content (AvgIpc) is 2.46. The zero-order chi connectivity index (χ0) is 14.1. The lowest BCUT2D eigenvalue weighted by molar-refractivity contribution is 0.221. The molecular weight excluding hydrogens is 368 g/mol. The fourth-order valence-corrected chi connectivity index (χ4v) is 3.05. The maximum atomic E-state index is 13.2. The van der Waals surface area contributed by atoms with E-state index in [4.69, 9.17) is 0 Å². The first-order valence-electron chi connectivity index (χ1n) is 6.12. The van der Waals surface area contributed by atoms with Gasteiger partial charge in [0, 0.05) is 21.4 Å². The lowest BCUT2D eigenvalue weighted by Crippen LogP contribution is -2.03. The first kappa shape index (κ1) is 13.5. The normalized spacial score (nSPS) is 12.6. The Morgan fingerprint density at radius 1 is 1.10 bits per heavy atom. The van der Waals surface area contributed by atoms with Crippen molar-refractivity contribution in [2.45, 2.75) is 6.10 Å². The fourth-order valence-electron chi connectivity index (χ4n) is 2.28. The summed E-state index contributed by atoms with van der Waals surface area (Å²) in [7, 11) is 0. The Kier molecular flexibility index (Phi) is 3.67. The number of hydrogen-bond donors (Lipinski definition) is 1. The first-order valence-corrected chi connectivity index (χ1v) is 7.20. The van der Waals surface area contributed by atoms with Crippen LogP contribution < -0.4 is 0 Å². The number of hydrogen-bond acceptors (Lipinski definition) is 2. The summed E-state index contributed by atoms with van der Waals surface area (Å²) in [5.74, 6) is -0.299. The van der Waals surface area contributed by atoms with Crippen LogP contribution in [-0.4, -0.2) is 10.1 Å². The molecule has 0 amide bonds. The third-order valence-electron chi connectivity index (χ3n) is 3.27. The zero-order valence-corrected chi connectivity index (χ0v) is 12.6. The van der Waals surface area contributed by atoms with E-state index in [2.05, 4.69) is 4.98 Å². The summed E-state index contributed by atoms with van der Waals surface area (Å²) >= 11 is 2.04. The van der Waals surface area contributed by atoms with Crippen molar-refractivity contribution in [1.29, 1.82) is 0 Å². The predicted molar refractivity (Wildman–Crippen MR) is 84.9 cm³/mol. The molecule has 3 rings (SSSR count). The predicted octanol–water partition coefficient (Wildman–Crippen LogP) is 4.06. The maximum absolute atomic E-state index is 13.2. The van der Waals surface area contributed by atoms with Gasteiger partial charge in [-0.3, -0.25) is 4.98 Å². The van der Waals surface area contributed by atoms with Gasteiger partial charge in [-0.2, -0.15) is 0 Å². The van der Waals surface area contributed by atoms with Gasteiger partial charge < -0.3 is 5.11 Å². The monoisotopic (exact) mass is 379 g/mol. The molecule has 0 aliphatic heterocycles. The van der Waals surface area contributed by atoms with Crippen molar-refractivity contribution in [2.24, 2.45) is 0 Å². The molecule has 0 fully saturated rings. The number of nitrogens with zero attached hydrogens (tertiary/aromatic N) is 1. The summed E-state index contributed by atoms with van der Waals surface area (Å²) in [6, 6.07) is 12.0. The van der Waals surface area contributed by atoms with Crippen LogP contribution in [0.1, 0.15) is 17.2 Å². The van der Waals surface area contributed by atoms with Gasteiger partial charge in [0.15, 0.2) is 0 Å². The van der Waals surface area contributed by atoms with Crippen LogP contribution in [-0.2, 0) is 0 Å². The van der Waals surface area contributed by atoms with Gasteiger partial charge in [-0.25, -0.2) is 4.39 Å². The Labute approximate surface area is 129 Å². The molecule has 0 bridgehead atoms. The smallest absolute Gasteiger partial charge is 0.124 e. The Morgan fingerprint density at radius 3 is 2.75 bits per heavy atom. The Morgan fingerprint density at radius 2 is 1.95 bits per heavy atom. The Hall–Kier alpha value is -1.53. The lowest BCUT2D eigenvalue weighted by Gasteiger charge is -2.15. The minimum absolute atomic E-state index is 0.299. The highest BCUT2D eigenvalue weighted by molar-refractivity contribution is 14.1. The molecule has 0 aliphatic carbocycles. The highest BCUT2D eigenvalue weighted by Crippen LogP contribution is 2.31. The van der Waals surface area contributed by atoms with Crippen molar-refractivity contribution >= 4 is 33.4 Å². The van der Waals surface area contributed by atoms with E-state index in [1.54, 1.807) is 18.5 Å². The quantitative estimate of drug-likeness (QED) is 0.682. The number of halogens is 2. The molecule has 1 aromatic heterocycles. The molecule has 0 saturated carbocycles. The summed E-state index contributed by atoms with van der Waals surface area (Å²) in [4.78, 5) is 4.08. The lowest BCUT2D eigenvalue weighted by atomic mass is 9.97. The van der Waals surface area contributed by atoms with Crippen LogP contribution in [0.2, 0.25) is 0 Å². The highest BCUT2D eigenvalue weighted by Gasteiger charge is 2.16. The van der Waals surface area contributed by atoms with Gasteiger partial charge in [0.1, 0.15) is 11.9 Å². The molecule has 2 nitrogen and oxygen atoms in total. The molecule has 0 saturated heterocycles. The number of rotatable bonds is 2. The third kappa shape index (κ3) is 2.41. The van der Waals surface area contributed by atoms with Crippen molar-refractivity contribution in [3.05, 3.63) is 75.4 Å². The second-order valence-corrected chi connectivity index (χ2v) is 5.67. The zero-order valence-electron chi connectivity index (χ0n) is 10.4. The molecule has 0 radical (unpaired) electrons. The topological polar surface area (TPSA) is 33.1 Å². The maximum Gasteiger partial charge on any atom is 0.124 e. The second kappa shape index (κ2) is 5.46. The highest BCUT2D eigenvalue weighted by atomic mass is 127. The largest absolute Gasteiger partial charge is 0.384 e. The Bertz CT molecular complexity index is 770. The molecular formula is C16H11FINO. The second-order valence-electron chi connectivity index (χ2n) is 4.51. The van der Waals surface area contributed by atoms with E-state index < -0.39 is 6.10 Å². The molecule has 0 spiro atoms. The van der Waals surface area contributed by atoms with E-state index in [-0.39, 0.29) is 5.82 Å². The summed E-state index contributed by atoms with van der Waals surface area (Å²) in [6.07, 6.45) is 2.68. The van der Waals surface area contributed by atoms with Crippen LogP contribution in [0.25, 0.3) is 10.8 Å². The minimum atomic E-state index is -0.784. The van der Waals surface area contributed by atoms with E-state index in [0.717, 1.165) is 16.3 Å². The number of pyridine rings is 1. The van der Waals surface area contributed by atoms with E-state index in [1.807, 2.05) is 46.9 Å². The average molecular weight is 379 g/mol. The number of benzene rings is 2. The van der Waals surface area contributed by atoms with Gasteiger partial charge in [-0.15, -0.1) is 0 Å². The van der Waals surface area contributed by atoms with E-state index >= 15 is 0 Å². The van der Waals surface area contributed by atoms with Gasteiger partial charge in [-0.1, -0.05) is 24.3 Å². The summed E-state index contributed by atoms with van der Waals surface area (Å²) < 4.78 is 13.9. The van der Waals surface area contributed by atoms with E-state index in [9.17, 15) is 9.50 Å². The van der Waals surface area contributed by atoms with Crippen LogP contribution in [0.3, 0.4) is 0 Å². The molecule has 20 heavy (non-hydrogen) atoms. The molecule has 100 valence electrons. The third-order valence-corrected chi connectivity index (χ3v) is 4.20. The molecule has 1 unspecified atom stereocenters. The molecule has 1 atom stereocenters. The van der Waals surface area contributed by atoms with Crippen molar-refractivity contribution in [3.63, 3.8) is 0 Å². The van der Waals surface area contributed by atoms with Crippen molar-refractivity contribution < 1.29 is 9.50 Å². The van der Waals surface area contributed by atoms with Gasteiger partial charge in [0.25, 0.3) is 0 Å². The number of fused-ring (bicyclic) bond motifs is 1. The van der Waals surface area contributed by atoms with Crippen LogP contribution in [0.5, 0.6) is 0 Å². The fraction of sp³-hybridized carbons (Fsp3) is 0.0625. The number of aromatic nitrogens is 1. The summed E-state index contributed by atoms with van der Waals surface area (Å²) in [5.41, 5.74) is 1.51. The van der Waals surface area contributed by atoms with Crippen LogP contribution >= 0.6 is 22.6 Å². The van der Waals surface area contributed by atoms with E-state index in [0.29, 0.717) is 9.13 Å². The van der Waals surface area contributed by atoms with E-state index in [1.165, 1.54) is 12.1 Å². The first-order chi connectivity index (χ1) is 9.66. The standard InChI is InChI=1S/C16H11FINO/c17-11-4-5-14(15(18)8-11)16(20)13-3-1-2-10-9-19-7-6-12(10)13/h1-9,16,20H. The summed E-state index contributed by atoms with van der Waals surface area (Å²) in [6.45, 7) is 0. The molecule has 2 aromatic carbocycles. The minimum Gasteiger partial charge on any atom is -0.384 e. The van der Waals surface area contributed by atoms with Crippen molar-refractivity contribution in [1.82, 2.24) is 4.98 Å². The summed E-state index contributed by atoms with van der Waals surface area (Å²) in [5, 5.41) is 12.5. The molecule has 3 aromatic rings. The van der Waals surface area contributed by atoms with Crippen molar-refractivity contribution in [3.8, 4) is 0 Å². The molecule has 1 heterocycles. The molecule has 1 N–H and O–H groups in total. The van der Waals surface area contributed by atoms with Crippen LogP contribution in [0.4, 0.5) is 4.39 Å². The van der Waals surface area contributed by atoms with Crippen LogP contribution in [0, 0.1) is 9.39 Å². The number of aliphatic hydroxyl groups excluding tert-OH is 1. The SMILES string of the molecule is OC(c1ccc(F)cc1I)c1cccc2cnccc12. The van der Waals surface area contributed by atoms with Gasteiger partial charge in [0.2, 0.25) is 0 Å². The van der Waals surface area contributed by atoms with Gasteiger partial charge >= 0.3 is 0 Å². The number of aliphatic hydroxyl groups is 1. The van der Waals surface area contributed by atoms with Gasteiger partial charge in [0.05, 0.1) is 0 Å². The van der Waals surface area contributed by atoms with Crippen LogP contribution in [0.15, 0.2) is 54.9 Å². The van der Waals surface area contributed by atoms with Crippen molar-refractivity contribution in [2.75, 3.05) is 0 Å². The molecule has 0 aliphatic rings.